The molecule has 100 valence electrons. The predicted octanol–water partition coefficient (Wildman–Crippen LogP) is 1.58. The lowest BCUT2D eigenvalue weighted by Gasteiger charge is -2.45. The lowest BCUT2D eigenvalue weighted by molar-refractivity contribution is 0.0573. The monoisotopic (exact) mass is 239 g/mol. The van der Waals surface area contributed by atoms with Crippen molar-refractivity contribution in [3.8, 4) is 0 Å². The lowest BCUT2D eigenvalue weighted by atomic mass is 9.88. The van der Waals surface area contributed by atoms with Gasteiger partial charge in [0, 0.05) is 24.7 Å². The second kappa shape index (κ2) is 6.17. The minimum absolute atomic E-state index is 0.441. The maximum Gasteiger partial charge on any atom is 0.0122 e. The van der Waals surface area contributed by atoms with Crippen LogP contribution in [0.1, 0.15) is 46.0 Å². The molecule has 0 aromatic rings. The van der Waals surface area contributed by atoms with Crippen LogP contribution in [0, 0.1) is 5.92 Å². The summed E-state index contributed by atoms with van der Waals surface area (Å²) in [6.07, 6.45) is 6.37. The van der Waals surface area contributed by atoms with E-state index in [9.17, 15) is 0 Å². The molecule has 0 spiro atoms. The van der Waals surface area contributed by atoms with Crippen molar-refractivity contribution in [1.29, 1.82) is 0 Å². The highest BCUT2D eigenvalue weighted by molar-refractivity contribution is 4.89. The summed E-state index contributed by atoms with van der Waals surface area (Å²) in [6.45, 7) is 8.29. The smallest absolute Gasteiger partial charge is 0.0122 e. The zero-order chi connectivity index (χ0) is 12.3. The second-order valence-electron chi connectivity index (χ2n) is 6.29. The number of hydrogen-bond acceptors (Lipinski definition) is 3. The summed E-state index contributed by atoms with van der Waals surface area (Å²) in [5.74, 6) is 0.787. The number of piperidine rings is 2. The van der Waals surface area contributed by atoms with Crippen molar-refractivity contribution < 1.29 is 0 Å². The van der Waals surface area contributed by atoms with Gasteiger partial charge >= 0.3 is 0 Å². The van der Waals surface area contributed by atoms with Gasteiger partial charge in [-0.1, -0.05) is 13.8 Å². The van der Waals surface area contributed by atoms with Crippen LogP contribution in [0.5, 0.6) is 0 Å². The van der Waals surface area contributed by atoms with Crippen molar-refractivity contribution in [2.75, 3.05) is 19.6 Å². The van der Waals surface area contributed by atoms with E-state index in [0.29, 0.717) is 6.04 Å². The first-order valence-corrected chi connectivity index (χ1v) is 7.39. The molecule has 0 saturated carbocycles. The Kier molecular flexibility index (Phi) is 4.83. The molecule has 17 heavy (non-hydrogen) atoms. The fourth-order valence-electron chi connectivity index (χ4n) is 3.50. The van der Waals surface area contributed by atoms with Crippen LogP contribution < -0.4 is 11.1 Å². The lowest BCUT2D eigenvalue weighted by Crippen LogP contribution is -2.54. The average molecular weight is 239 g/mol. The summed E-state index contributed by atoms with van der Waals surface area (Å²) in [6, 6.07) is 1.99. The molecule has 0 amide bonds. The number of rotatable bonds is 3. The Bertz CT molecular complexity index is 222. The van der Waals surface area contributed by atoms with Crippen LogP contribution in [0.2, 0.25) is 0 Å². The van der Waals surface area contributed by atoms with E-state index in [1.807, 2.05) is 0 Å². The van der Waals surface area contributed by atoms with E-state index in [1.54, 1.807) is 0 Å². The van der Waals surface area contributed by atoms with E-state index >= 15 is 0 Å². The molecule has 0 bridgehead atoms. The van der Waals surface area contributed by atoms with Gasteiger partial charge < -0.3 is 11.1 Å². The standard InChI is InChI=1S/C14H29N3/c1-11(2)9-14-10-12(15)5-8-17(14)13-3-6-16-7-4-13/h11-14,16H,3-10,15H2,1-2H3/t12?,14-/m1/s1. The van der Waals surface area contributed by atoms with Crippen molar-refractivity contribution in [2.45, 2.75) is 64.1 Å². The minimum atomic E-state index is 0.441. The molecule has 0 aliphatic carbocycles. The van der Waals surface area contributed by atoms with E-state index in [0.717, 1.165) is 18.0 Å². The largest absolute Gasteiger partial charge is 0.328 e. The van der Waals surface area contributed by atoms with E-state index in [4.69, 9.17) is 5.73 Å². The van der Waals surface area contributed by atoms with Crippen LogP contribution in [-0.4, -0.2) is 42.7 Å². The van der Waals surface area contributed by atoms with Gasteiger partial charge in [-0.3, -0.25) is 4.90 Å². The third kappa shape index (κ3) is 3.67. The molecule has 2 atom stereocenters. The van der Waals surface area contributed by atoms with E-state index in [2.05, 4.69) is 24.1 Å². The third-order valence-electron chi connectivity index (χ3n) is 4.32. The zero-order valence-electron chi connectivity index (χ0n) is 11.5. The first kappa shape index (κ1) is 13.3. The number of nitrogens with zero attached hydrogens (tertiary/aromatic N) is 1. The normalized spacial score (nSPS) is 33.2. The summed E-state index contributed by atoms with van der Waals surface area (Å²) in [4.78, 5) is 2.78. The molecule has 0 aromatic heterocycles. The van der Waals surface area contributed by atoms with Crippen LogP contribution in [0.25, 0.3) is 0 Å². The van der Waals surface area contributed by atoms with Gasteiger partial charge in [-0.05, 0) is 51.1 Å². The van der Waals surface area contributed by atoms with Crippen LogP contribution in [0.15, 0.2) is 0 Å². The first-order valence-electron chi connectivity index (χ1n) is 7.39. The Morgan fingerprint density at radius 3 is 2.59 bits per heavy atom. The fourth-order valence-corrected chi connectivity index (χ4v) is 3.50. The van der Waals surface area contributed by atoms with Crippen LogP contribution >= 0.6 is 0 Å². The Labute approximate surface area is 106 Å². The molecule has 3 N–H and O–H groups in total. The zero-order valence-corrected chi connectivity index (χ0v) is 11.5. The maximum atomic E-state index is 6.15. The molecule has 2 rings (SSSR count). The summed E-state index contributed by atoms with van der Waals surface area (Å²) >= 11 is 0. The van der Waals surface area contributed by atoms with Gasteiger partial charge in [-0.2, -0.15) is 0 Å². The SMILES string of the molecule is CC(C)C[C@@H]1CC(N)CCN1C1CCNCC1. The van der Waals surface area contributed by atoms with Gasteiger partial charge in [0.25, 0.3) is 0 Å². The van der Waals surface area contributed by atoms with Gasteiger partial charge in [0.1, 0.15) is 0 Å². The highest BCUT2D eigenvalue weighted by Gasteiger charge is 2.32. The molecule has 1 unspecified atom stereocenters. The molecule has 2 aliphatic heterocycles. The van der Waals surface area contributed by atoms with Gasteiger partial charge in [-0.25, -0.2) is 0 Å². The Morgan fingerprint density at radius 2 is 1.94 bits per heavy atom. The van der Waals surface area contributed by atoms with Crippen LogP contribution in [0.3, 0.4) is 0 Å². The number of nitrogens with two attached hydrogens (primary N) is 1. The highest BCUT2D eigenvalue weighted by atomic mass is 15.2. The van der Waals surface area contributed by atoms with E-state index < -0.39 is 0 Å². The number of hydrogen-bond donors (Lipinski definition) is 2. The molecular formula is C14H29N3. The summed E-state index contributed by atoms with van der Waals surface area (Å²) < 4.78 is 0. The molecule has 2 fully saturated rings. The molecule has 2 saturated heterocycles. The second-order valence-corrected chi connectivity index (χ2v) is 6.29. The minimum Gasteiger partial charge on any atom is -0.328 e. The Balaban J connectivity index is 1.95. The average Bonchev–Trinajstić information content (AvgIpc) is 2.29. The van der Waals surface area contributed by atoms with Crippen molar-refractivity contribution in [3.63, 3.8) is 0 Å². The molecular weight excluding hydrogens is 210 g/mol. The number of nitrogens with one attached hydrogen (secondary N) is 1. The van der Waals surface area contributed by atoms with Crippen LogP contribution in [-0.2, 0) is 0 Å². The topological polar surface area (TPSA) is 41.3 Å². The van der Waals surface area contributed by atoms with Crippen molar-refractivity contribution >= 4 is 0 Å². The highest BCUT2D eigenvalue weighted by Crippen LogP contribution is 2.27. The van der Waals surface area contributed by atoms with Crippen molar-refractivity contribution in [2.24, 2.45) is 11.7 Å². The van der Waals surface area contributed by atoms with Crippen LogP contribution in [0.4, 0.5) is 0 Å². The Hall–Kier alpha value is -0.120. The fraction of sp³-hybridized carbons (Fsp3) is 1.00. The van der Waals surface area contributed by atoms with E-state index in [-0.39, 0.29) is 0 Å². The third-order valence-corrected chi connectivity index (χ3v) is 4.32. The molecule has 3 heteroatoms. The van der Waals surface area contributed by atoms with Gasteiger partial charge in [-0.15, -0.1) is 0 Å². The number of likely N-dealkylation sites (tertiary alicyclic amines) is 1. The summed E-state index contributed by atoms with van der Waals surface area (Å²) in [5, 5.41) is 3.47. The molecule has 0 aromatic carbocycles. The molecule has 2 aliphatic rings. The first-order chi connectivity index (χ1) is 8.16. The Morgan fingerprint density at radius 1 is 1.24 bits per heavy atom. The van der Waals surface area contributed by atoms with Gasteiger partial charge in [0.2, 0.25) is 0 Å². The molecule has 3 nitrogen and oxygen atoms in total. The predicted molar refractivity (Wildman–Crippen MR) is 73.1 cm³/mol. The molecule has 0 radical (unpaired) electrons. The van der Waals surface area contributed by atoms with Gasteiger partial charge in [0.15, 0.2) is 0 Å². The quantitative estimate of drug-likeness (QED) is 0.785. The summed E-state index contributed by atoms with van der Waals surface area (Å²) in [5.41, 5.74) is 6.15. The van der Waals surface area contributed by atoms with E-state index in [1.165, 1.54) is 51.7 Å². The van der Waals surface area contributed by atoms with Crippen molar-refractivity contribution in [1.82, 2.24) is 10.2 Å². The van der Waals surface area contributed by atoms with Crippen molar-refractivity contribution in [3.05, 3.63) is 0 Å². The summed E-state index contributed by atoms with van der Waals surface area (Å²) in [7, 11) is 0. The maximum absolute atomic E-state index is 6.15. The van der Waals surface area contributed by atoms with Gasteiger partial charge in [0.05, 0.1) is 0 Å². The molecule has 2 heterocycles.